The maximum atomic E-state index is 13.1. The van der Waals surface area contributed by atoms with Crippen LogP contribution < -0.4 is 4.90 Å². The Bertz CT molecular complexity index is 848. The molecule has 1 unspecified atom stereocenters. The van der Waals surface area contributed by atoms with Crippen LogP contribution in [0.4, 0.5) is 5.69 Å². The number of nitrogens with zero attached hydrogens (tertiary/aromatic N) is 2. The normalized spacial score (nSPS) is 16.9. The summed E-state index contributed by atoms with van der Waals surface area (Å²) in [7, 11) is 2.87. The molecule has 148 valence electrons. The minimum atomic E-state index is -0.975. The molecule has 1 aliphatic heterocycles. The second kappa shape index (κ2) is 8.84. The van der Waals surface area contributed by atoms with Crippen LogP contribution in [-0.2, 0) is 19.1 Å². The van der Waals surface area contributed by atoms with Crippen LogP contribution in [0.25, 0.3) is 0 Å². The Morgan fingerprint density at radius 1 is 1.25 bits per heavy atom. The van der Waals surface area contributed by atoms with Crippen molar-refractivity contribution in [1.82, 2.24) is 4.90 Å². The second-order valence-corrected chi connectivity index (χ2v) is 7.35. The van der Waals surface area contributed by atoms with Crippen molar-refractivity contribution in [3.8, 4) is 0 Å². The molecule has 1 saturated heterocycles. The van der Waals surface area contributed by atoms with Gasteiger partial charge in [0.25, 0.3) is 11.8 Å². The molecule has 0 saturated carbocycles. The fourth-order valence-electron chi connectivity index (χ4n) is 3.02. The first kappa shape index (κ1) is 20.5. The van der Waals surface area contributed by atoms with E-state index < -0.39 is 24.1 Å². The summed E-state index contributed by atoms with van der Waals surface area (Å²) in [5, 5.41) is 0. The predicted octanol–water partition coefficient (Wildman–Crippen LogP) is 2.28. The van der Waals surface area contributed by atoms with E-state index in [4.69, 9.17) is 13.9 Å². The predicted molar refractivity (Wildman–Crippen MR) is 108 cm³/mol. The fraction of sp³-hybridized carbons (Fsp3) is 0.316. The molecule has 0 radical (unpaired) electrons. The van der Waals surface area contributed by atoms with Gasteiger partial charge in [0.1, 0.15) is 6.04 Å². The summed E-state index contributed by atoms with van der Waals surface area (Å²) < 4.78 is 16.5. The first-order chi connectivity index (χ1) is 13.5. The molecule has 1 fully saturated rings. The summed E-state index contributed by atoms with van der Waals surface area (Å²) in [4.78, 5) is 41.0. The lowest BCUT2D eigenvalue weighted by Gasteiger charge is -2.29. The van der Waals surface area contributed by atoms with Crippen LogP contribution in [0, 0.1) is 3.57 Å². The minimum absolute atomic E-state index is 0.0310. The number of hydrogen-bond acceptors (Lipinski definition) is 6. The number of imide groups is 1. The summed E-state index contributed by atoms with van der Waals surface area (Å²) in [6.45, 7) is -0.0310. The molecule has 1 aromatic heterocycles. The van der Waals surface area contributed by atoms with Crippen LogP contribution in [-0.4, -0.2) is 55.7 Å². The van der Waals surface area contributed by atoms with Crippen molar-refractivity contribution in [2.45, 2.75) is 18.8 Å². The second-order valence-electron chi connectivity index (χ2n) is 6.10. The Kier molecular flexibility index (Phi) is 6.47. The maximum Gasteiger partial charge on any atom is 0.290 e. The summed E-state index contributed by atoms with van der Waals surface area (Å²) in [6.07, 6.45) is 0.487. The molecule has 1 atom stereocenters. The van der Waals surface area contributed by atoms with E-state index in [0.29, 0.717) is 5.69 Å². The number of methoxy groups -OCH3 is 2. The Balaban J connectivity index is 1.91. The molecule has 2 aromatic rings. The van der Waals surface area contributed by atoms with E-state index in [1.807, 2.05) is 0 Å². The van der Waals surface area contributed by atoms with E-state index in [-0.39, 0.29) is 24.6 Å². The van der Waals surface area contributed by atoms with Gasteiger partial charge in [-0.1, -0.05) is 0 Å². The minimum Gasteiger partial charge on any atom is -0.459 e. The standard InChI is InChI=1S/C19H19IN2O6/c1-26-17(27-2)11-21(19(25)15-4-3-9-28-15)14-10-16(23)22(18(14)24)13-7-5-12(20)6-8-13/h3-9,14,17H,10-11H2,1-2H3. The third-order valence-electron chi connectivity index (χ3n) is 4.45. The SMILES string of the molecule is COC(CN(C(=O)c1ccco1)C1CC(=O)N(c2ccc(I)cc2)C1=O)OC. The monoisotopic (exact) mass is 498 g/mol. The van der Waals surface area contributed by atoms with Crippen LogP contribution in [0.2, 0.25) is 0 Å². The van der Waals surface area contributed by atoms with Gasteiger partial charge in [0.15, 0.2) is 12.1 Å². The zero-order valence-corrected chi connectivity index (χ0v) is 17.5. The van der Waals surface area contributed by atoms with Gasteiger partial charge in [-0.05, 0) is 59.0 Å². The number of rotatable bonds is 7. The fourth-order valence-corrected chi connectivity index (χ4v) is 3.38. The Morgan fingerprint density at radius 3 is 2.50 bits per heavy atom. The molecule has 1 aliphatic rings. The molecular weight excluding hydrogens is 479 g/mol. The lowest BCUT2D eigenvalue weighted by molar-refractivity contribution is -0.128. The first-order valence-corrected chi connectivity index (χ1v) is 9.56. The quantitative estimate of drug-likeness (QED) is 0.331. The van der Waals surface area contributed by atoms with Gasteiger partial charge in [-0.25, -0.2) is 4.90 Å². The molecule has 0 bridgehead atoms. The number of anilines is 1. The molecule has 3 rings (SSSR count). The highest BCUT2D eigenvalue weighted by molar-refractivity contribution is 14.1. The van der Waals surface area contributed by atoms with Crippen molar-refractivity contribution in [2.75, 3.05) is 25.7 Å². The summed E-state index contributed by atoms with van der Waals surface area (Å²) in [6, 6.07) is 9.12. The van der Waals surface area contributed by atoms with E-state index >= 15 is 0 Å². The van der Waals surface area contributed by atoms with Crippen LogP contribution in [0.5, 0.6) is 0 Å². The van der Waals surface area contributed by atoms with Gasteiger partial charge in [0.2, 0.25) is 5.91 Å². The zero-order valence-electron chi connectivity index (χ0n) is 15.3. The summed E-state index contributed by atoms with van der Waals surface area (Å²) in [5.74, 6) is -1.30. The number of benzene rings is 1. The van der Waals surface area contributed by atoms with Crippen molar-refractivity contribution >= 4 is 46.0 Å². The average Bonchev–Trinajstić information content (AvgIpc) is 3.32. The molecule has 0 aliphatic carbocycles. The van der Waals surface area contributed by atoms with E-state index in [1.165, 1.54) is 31.4 Å². The summed E-state index contributed by atoms with van der Waals surface area (Å²) >= 11 is 2.14. The van der Waals surface area contributed by atoms with Crippen molar-refractivity contribution in [3.05, 3.63) is 52.0 Å². The average molecular weight is 498 g/mol. The molecule has 1 aromatic carbocycles. The van der Waals surface area contributed by atoms with E-state index in [0.717, 1.165) is 8.47 Å². The molecule has 3 amide bonds. The molecule has 0 spiro atoms. The highest BCUT2D eigenvalue weighted by atomic mass is 127. The number of carbonyl (C=O) groups is 3. The summed E-state index contributed by atoms with van der Waals surface area (Å²) in [5.41, 5.74) is 0.471. The van der Waals surface area contributed by atoms with Gasteiger partial charge >= 0.3 is 0 Å². The Labute approximate surface area is 175 Å². The van der Waals surface area contributed by atoms with Crippen LogP contribution in [0.15, 0.2) is 47.1 Å². The van der Waals surface area contributed by atoms with Gasteiger partial charge in [-0.2, -0.15) is 0 Å². The molecule has 8 nitrogen and oxygen atoms in total. The van der Waals surface area contributed by atoms with Crippen molar-refractivity contribution in [2.24, 2.45) is 0 Å². The number of ether oxygens (including phenoxy) is 2. The van der Waals surface area contributed by atoms with E-state index in [1.54, 1.807) is 30.3 Å². The lowest BCUT2D eigenvalue weighted by atomic mass is 10.2. The van der Waals surface area contributed by atoms with Gasteiger partial charge in [0, 0.05) is 17.8 Å². The topological polar surface area (TPSA) is 89.3 Å². The van der Waals surface area contributed by atoms with Crippen LogP contribution in [0.3, 0.4) is 0 Å². The number of amides is 3. The van der Waals surface area contributed by atoms with Crippen molar-refractivity contribution in [1.29, 1.82) is 0 Å². The van der Waals surface area contributed by atoms with Crippen LogP contribution in [0.1, 0.15) is 17.0 Å². The zero-order chi connectivity index (χ0) is 20.3. The number of carbonyl (C=O) groups excluding carboxylic acids is 3. The smallest absolute Gasteiger partial charge is 0.290 e. The van der Waals surface area contributed by atoms with E-state index in [2.05, 4.69) is 22.6 Å². The Hall–Kier alpha value is -2.24. The lowest BCUT2D eigenvalue weighted by Crippen LogP contribution is -2.49. The third kappa shape index (κ3) is 4.10. The van der Waals surface area contributed by atoms with Gasteiger partial charge in [-0.15, -0.1) is 0 Å². The maximum absolute atomic E-state index is 13.1. The molecular formula is C19H19IN2O6. The molecule has 28 heavy (non-hydrogen) atoms. The molecule has 9 heteroatoms. The third-order valence-corrected chi connectivity index (χ3v) is 5.17. The Morgan fingerprint density at radius 2 is 1.93 bits per heavy atom. The van der Waals surface area contributed by atoms with Crippen LogP contribution >= 0.6 is 22.6 Å². The van der Waals surface area contributed by atoms with Gasteiger partial charge < -0.3 is 18.8 Å². The number of furan rings is 1. The molecule has 0 N–H and O–H groups in total. The number of halogens is 1. The van der Waals surface area contributed by atoms with Gasteiger partial charge in [0.05, 0.1) is 24.9 Å². The molecule has 2 heterocycles. The largest absolute Gasteiger partial charge is 0.459 e. The highest BCUT2D eigenvalue weighted by Gasteiger charge is 2.45. The number of hydrogen-bond donors (Lipinski definition) is 0. The van der Waals surface area contributed by atoms with Crippen molar-refractivity contribution in [3.63, 3.8) is 0 Å². The first-order valence-electron chi connectivity index (χ1n) is 8.48. The van der Waals surface area contributed by atoms with Crippen molar-refractivity contribution < 1.29 is 28.3 Å². The highest BCUT2D eigenvalue weighted by Crippen LogP contribution is 2.27. The van der Waals surface area contributed by atoms with E-state index in [9.17, 15) is 14.4 Å². The van der Waals surface area contributed by atoms with Gasteiger partial charge in [-0.3, -0.25) is 14.4 Å².